The fourth-order valence-corrected chi connectivity index (χ4v) is 7.38. The van der Waals surface area contributed by atoms with Crippen molar-refractivity contribution in [2.75, 3.05) is 0 Å². The van der Waals surface area contributed by atoms with E-state index in [0.29, 0.717) is 0 Å². The van der Waals surface area contributed by atoms with Gasteiger partial charge in [0, 0.05) is 0 Å². The molecular weight excluding hydrogens is 709 g/mol. The van der Waals surface area contributed by atoms with Gasteiger partial charge in [0.1, 0.15) is 0 Å². The molecular formula is C59H70. The molecule has 0 unspecified atom stereocenters. The van der Waals surface area contributed by atoms with E-state index in [1.54, 1.807) is 0 Å². The molecule has 306 valence electrons. The molecule has 0 heterocycles. The Hall–Kier alpha value is -5.46. The monoisotopic (exact) mass is 779 g/mol. The maximum Gasteiger partial charge on any atom is -0.0152 e. The van der Waals surface area contributed by atoms with Gasteiger partial charge in [-0.25, -0.2) is 0 Å². The third-order valence-corrected chi connectivity index (χ3v) is 11.4. The first kappa shape index (κ1) is 46.2. The highest BCUT2D eigenvalue weighted by molar-refractivity contribution is 5.71. The smallest absolute Gasteiger partial charge is 0.0152 e. The second-order valence-electron chi connectivity index (χ2n) is 17.0. The number of hydrogen-bond donors (Lipinski definition) is 0. The zero-order valence-electron chi connectivity index (χ0n) is 38.8. The van der Waals surface area contributed by atoms with Gasteiger partial charge < -0.3 is 0 Å². The van der Waals surface area contributed by atoms with Gasteiger partial charge in [-0.15, -0.1) is 0 Å². The van der Waals surface area contributed by atoms with Crippen LogP contribution in [0.1, 0.15) is 97.7 Å². The summed E-state index contributed by atoms with van der Waals surface area (Å²) in [6, 6.07) is 48.6. The van der Waals surface area contributed by atoms with Crippen molar-refractivity contribution < 1.29 is 0 Å². The van der Waals surface area contributed by atoms with E-state index in [9.17, 15) is 0 Å². The Bertz CT molecular complexity index is 2340. The summed E-state index contributed by atoms with van der Waals surface area (Å²) in [7, 11) is 0. The average Bonchev–Trinajstić information content (AvgIpc) is 3.19. The van der Waals surface area contributed by atoms with Gasteiger partial charge in [0.15, 0.2) is 0 Å². The molecule has 0 atom stereocenters. The van der Waals surface area contributed by atoms with Crippen LogP contribution in [0.3, 0.4) is 0 Å². The van der Waals surface area contributed by atoms with E-state index < -0.39 is 0 Å². The molecule has 0 bridgehead atoms. The molecule has 0 fully saturated rings. The lowest BCUT2D eigenvalue weighted by molar-refractivity contribution is 0.790. The molecule has 0 aliphatic carbocycles. The lowest BCUT2D eigenvalue weighted by atomic mass is 9.94. The van der Waals surface area contributed by atoms with Gasteiger partial charge in [-0.3, -0.25) is 0 Å². The largest absolute Gasteiger partial charge is 0.0654 e. The molecule has 0 saturated heterocycles. The van der Waals surface area contributed by atoms with Gasteiger partial charge in [0.05, 0.1) is 0 Å². The molecule has 0 aliphatic heterocycles. The van der Waals surface area contributed by atoms with Crippen LogP contribution in [0, 0.1) is 90.0 Å². The molecule has 7 aromatic carbocycles. The van der Waals surface area contributed by atoms with Crippen molar-refractivity contribution in [3.05, 3.63) is 211 Å². The van der Waals surface area contributed by atoms with Crippen LogP contribution in [0.5, 0.6) is 0 Å². The van der Waals surface area contributed by atoms with E-state index in [0.717, 1.165) is 0 Å². The van der Waals surface area contributed by atoms with E-state index in [2.05, 4.69) is 230 Å². The van der Waals surface area contributed by atoms with Crippen molar-refractivity contribution in [3.8, 4) is 33.4 Å². The van der Waals surface area contributed by atoms with Crippen molar-refractivity contribution >= 4 is 0 Å². The van der Waals surface area contributed by atoms with Crippen LogP contribution in [0.4, 0.5) is 0 Å². The minimum absolute atomic E-state index is 1.24. The van der Waals surface area contributed by atoms with Gasteiger partial charge in [-0.1, -0.05) is 175 Å². The quantitative estimate of drug-likeness (QED) is 0.158. The molecule has 7 aromatic rings. The number of aryl methyl sites for hydroxylation is 14. The van der Waals surface area contributed by atoms with Gasteiger partial charge >= 0.3 is 0 Å². The van der Waals surface area contributed by atoms with Crippen LogP contribution in [0.15, 0.2) is 133 Å². The van der Waals surface area contributed by atoms with Crippen LogP contribution in [-0.2, 0) is 6.42 Å². The fourth-order valence-electron chi connectivity index (χ4n) is 7.38. The van der Waals surface area contributed by atoms with Crippen molar-refractivity contribution in [2.45, 2.75) is 116 Å². The molecule has 0 aromatic heterocycles. The summed E-state index contributed by atoms with van der Waals surface area (Å²) in [6.45, 7) is 30.3. The average molecular weight is 779 g/mol. The van der Waals surface area contributed by atoms with Crippen molar-refractivity contribution in [1.82, 2.24) is 0 Å². The highest BCUT2D eigenvalue weighted by Crippen LogP contribution is 2.28. The summed E-state index contributed by atoms with van der Waals surface area (Å²) < 4.78 is 0. The molecule has 0 radical (unpaired) electrons. The molecule has 0 aliphatic rings. The van der Waals surface area contributed by atoms with Crippen LogP contribution in [-0.4, -0.2) is 0 Å². The lowest BCUT2D eigenvalue weighted by Gasteiger charge is -2.10. The fraction of sp³-hybridized carbons (Fsp3) is 0.288. The van der Waals surface area contributed by atoms with Gasteiger partial charge in [-0.05, 0) is 186 Å². The Kier molecular flexibility index (Phi) is 17.3. The molecule has 7 rings (SSSR count). The first-order valence-electron chi connectivity index (χ1n) is 21.6. The molecule has 59 heavy (non-hydrogen) atoms. The van der Waals surface area contributed by atoms with Crippen LogP contribution in [0.2, 0.25) is 0 Å². The van der Waals surface area contributed by atoms with Crippen LogP contribution in [0.25, 0.3) is 33.4 Å². The summed E-state index contributed by atoms with van der Waals surface area (Å²) in [5.74, 6) is 0. The number of rotatable bonds is 6. The molecule has 0 spiro atoms. The second kappa shape index (κ2) is 22.1. The maximum atomic E-state index is 2.31. The summed E-state index contributed by atoms with van der Waals surface area (Å²) >= 11 is 0. The predicted molar refractivity (Wildman–Crippen MR) is 262 cm³/mol. The summed E-state index contributed by atoms with van der Waals surface area (Å²) in [6.07, 6.45) is 3.84. The first-order valence-corrected chi connectivity index (χ1v) is 21.6. The normalized spacial score (nSPS) is 10.4. The minimum Gasteiger partial charge on any atom is -0.0654 e. The van der Waals surface area contributed by atoms with Gasteiger partial charge in [0.2, 0.25) is 0 Å². The SMILES string of the molecule is CCCCc1cc(C)ccc1C.Cc1ccc(-c2ccc(C)c(C)c2)cc1C.Cc1ccc(-c2ccc(C)cc2C)c(C)c1.Cc1ccc(-c2ccc(C)cc2C)cc1. The van der Waals surface area contributed by atoms with Crippen molar-refractivity contribution in [2.24, 2.45) is 0 Å². The summed E-state index contributed by atoms with van der Waals surface area (Å²) in [4.78, 5) is 0. The van der Waals surface area contributed by atoms with Crippen molar-refractivity contribution in [1.29, 1.82) is 0 Å². The van der Waals surface area contributed by atoms with Gasteiger partial charge in [-0.2, -0.15) is 0 Å². The lowest BCUT2D eigenvalue weighted by Crippen LogP contribution is -1.89. The minimum atomic E-state index is 1.24. The third kappa shape index (κ3) is 13.8. The predicted octanol–water partition coefficient (Wildman–Crippen LogP) is 17.1. The zero-order valence-corrected chi connectivity index (χ0v) is 38.8. The topological polar surface area (TPSA) is 0 Å². The Morgan fingerprint density at radius 3 is 1.03 bits per heavy atom. The zero-order chi connectivity index (χ0) is 43.2. The van der Waals surface area contributed by atoms with E-state index in [1.165, 1.54) is 131 Å². The van der Waals surface area contributed by atoms with E-state index >= 15 is 0 Å². The standard InChI is InChI=1S/2C16H18.C15H16.C12H18/c1-11-5-7-15(9-13(11)3)16-8-6-12(2)14(4)10-16;1-11-5-7-15(13(3)9-11)16-8-6-12(2)10-14(16)4;1-11-4-7-14(8-5-11)15-9-6-12(2)10-13(15)3;1-4-5-6-12-9-10(2)7-8-11(12)3/h2*5-10H,1-4H3;4-10H,1-3H3;7-9H,4-6H2,1-3H3. The molecule has 0 heteroatoms. The Morgan fingerprint density at radius 2 is 0.627 bits per heavy atom. The molecule has 0 amide bonds. The number of hydrogen-bond acceptors (Lipinski definition) is 0. The second-order valence-corrected chi connectivity index (χ2v) is 17.0. The summed E-state index contributed by atoms with van der Waals surface area (Å²) in [5, 5.41) is 0. The van der Waals surface area contributed by atoms with Crippen LogP contribution < -0.4 is 0 Å². The number of benzene rings is 7. The molecule has 0 N–H and O–H groups in total. The van der Waals surface area contributed by atoms with E-state index in [4.69, 9.17) is 0 Å². The first-order chi connectivity index (χ1) is 28.1. The molecule has 0 nitrogen and oxygen atoms in total. The molecule has 0 saturated carbocycles. The maximum absolute atomic E-state index is 2.31. The summed E-state index contributed by atoms with van der Waals surface area (Å²) in [5.41, 5.74) is 27.1. The number of unbranched alkanes of at least 4 members (excludes halogenated alkanes) is 1. The van der Waals surface area contributed by atoms with E-state index in [1.807, 2.05) is 0 Å². The Morgan fingerprint density at radius 1 is 0.271 bits per heavy atom. The third-order valence-electron chi connectivity index (χ3n) is 11.4. The Labute approximate surface area is 359 Å². The van der Waals surface area contributed by atoms with Crippen LogP contribution >= 0.6 is 0 Å². The van der Waals surface area contributed by atoms with Crippen molar-refractivity contribution in [3.63, 3.8) is 0 Å². The van der Waals surface area contributed by atoms with Gasteiger partial charge in [0.25, 0.3) is 0 Å². The van der Waals surface area contributed by atoms with E-state index in [-0.39, 0.29) is 0 Å². The highest BCUT2D eigenvalue weighted by Gasteiger charge is 2.06. The Balaban J connectivity index is 0.000000175. The highest BCUT2D eigenvalue weighted by atomic mass is 14.1.